The minimum atomic E-state index is -5.39. The summed E-state index contributed by atoms with van der Waals surface area (Å²) < 4.78 is 17.1. The van der Waals surface area contributed by atoms with Crippen molar-refractivity contribution in [1.82, 2.24) is 0 Å². The van der Waals surface area contributed by atoms with Crippen molar-refractivity contribution in [3.63, 3.8) is 0 Å². The van der Waals surface area contributed by atoms with Crippen LogP contribution in [-0.2, 0) is 9.13 Å². The molecule has 0 aliphatic heterocycles. The molecule has 0 heterocycles. The van der Waals surface area contributed by atoms with E-state index in [9.17, 15) is 0 Å². The molecule has 0 aromatic rings. The second-order valence-corrected chi connectivity index (χ2v) is 2.68. The first kappa shape index (κ1) is 22.8. The highest BCUT2D eigenvalue weighted by Gasteiger charge is 1.45. The molecule has 0 radical (unpaired) electrons. The molecular weight excluding hydrogens is 214 g/mol. The quantitative estimate of drug-likeness (QED) is 0.369. The van der Waals surface area contributed by atoms with E-state index in [4.69, 9.17) is 38.5 Å². The number of phosphoric acid groups is 2. The largest absolute Gasteiger partial charge is 0.822 e. The highest BCUT2D eigenvalue weighted by atomic mass is 31.2. The Labute approximate surface area is 70.0 Å². The zero-order chi connectivity index (χ0) is 9.00. The van der Waals surface area contributed by atoms with Gasteiger partial charge in [0.05, 0.1) is 0 Å². The molecule has 0 spiro atoms. The first-order valence-corrected chi connectivity index (χ1v) is 4.38. The minimum absolute atomic E-state index is 0. The average molecular weight is 222 g/mol. The maximum Gasteiger partial charge on any atom is -0.0776 e. The molecule has 0 unspecified atom stereocenters. The molecule has 0 aromatic heterocycles. The van der Waals surface area contributed by atoms with E-state index in [0.29, 0.717) is 0 Å². The molecule has 0 aromatic carbocycles. The zero-order valence-electron chi connectivity index (χ0n) is 4.16. The van der Waals surface area contributed by atoms with E-state index in [1.807, 2.05) is 0 Å². The summed E-state index contributed by atoms with van der Waals surface area (Å²) in [7, 11) is -10.8. The third kappa shape index (κ3) is 18000. The maximum atomic E-state index is 8.55. The molecule has 0 rings (SSSR count). The maximum absolute atomic E-state index is 8.55. The van der Waals surface area contributed by atoms with E-state index in [2.05, 4.69) is 0 Å². The van der Waals surface area contributed by atoms with Crippen molar-refractivity contribution in [3.8, 4) is 0 Å². The predicted molar refractivity (Wildman–Crippen MR) is 28.7 cm³/mol. The average Bonchev–Trinajstić information content (AvgIpc) is 1.12. The molecule has 0 saturated carbocycles. The molecule has 0 fully saturated rings. The van der Waals surface area contributed by atoms with Gasteiger partial charge in [0, 0.05) is 0 Å². The van der Waals surface area contributed by atoms with E-state index < -0.39 is 15.6 Å². The van der Waals surface area contributed by atoms with Gasteiger partial charge in [-0.05, 0) is 0 Å². The zero-order valence-corrected chi connectivity index (χ0v) is 5.95. The first-order chi connectivity index (χ1) is 4.00. The van der Waals surface area contributed by atoms with Crippen LogP contribution in [0.1, 0.15) is 14.9 Å². The second-order valence-electron chi connectivity index (χ2n) is 0.894. The Balaban J connectivity index is -0.0000000457. The lowest BCUT2D eigenvalue weighted by Gasteiger charge is -2.36. The van der Waals surface area contributed by atoms with E-state index in [0.717, 1.165) is 0 Å². The smallest absolute Gasteiger partial charge is 0.0776 e. The fraction of sp³-hybridized carbons (Fsp3) is 1.00. The molecule has 8 nitrogen and oxygen atoms in total. The van der Waals surface area contributed by atoms with E-state index in [1.54, 1.807) is 0 Å². The first-order valence-electron chi connectivity index (χ1n) is 1.46. The summed E-state index contributed by atoms with van der Waals surface area (Å²) in [6.45, 7) is 0. The molecule has 10 heteroatoms. The Bertz CT molecular complexity index is 127. The van der Waals surface area contributed by atoms with Gasteiger partial charge in [0.2, 0.25) is 0 Å². The summed E-state index contributed by atoms with van der Waals surface area (Å²) in [5.41, 5.74) is 0. The SMILES string of the molecule is C.C.O=P([O-])([O-])[O-].O=P([O-])([O-])[O-]. The van der Waals surface area contributed by atoms with Gasteiger partial charge in [0.25, 0.3) is 0 Å². The van der Waals surface area contributed by atoms with Crippen molar-refractivity contribution in [2.45, 2.75) is 14.9 Å². The summed E-state index contributed by atoms with van der Waals surface area (Å²) >= 11 is 0. The van der Waals surface area contributed by atoms with Gasteiger partial charge in [0.15, 0.2) is 0 Å². The van der Waals surface area contributed by atoms with Gasteiger partial charge in [0.1, 0.15) is 0 Å². The Morgan fingerprint density at radius 1 is 0.583 bits per heavy atom. The van der Waals surface area contributed by atoms with Crippen LogP contribution in [-0.4, -0.2) is 0 Å². The second kappa shape index (κ2) is 7.85. The fourth-order valence-corrected chi connectivity index (χ4v) is 0. The summed E-state index contributed by atoms with van der Waals surface area (Å²) in [4.78, 5) is 51.3. The van der Waals surface area contributed by atoms with E-state index >= 15 is 0 Å². The molecule has 0 aliphatic carbocycles. The molecule has 12 heavy (non-hydrogen) atoms. The summed E-state index contributed by atoms with van der Waals surface area (Å²) in [6, 6.07) is 0. The molecule has 0 bridgehead atoms. The van der Waals surface area contributed by atoms with Gasteiger partial charge in [-0.15, -0.1) is 0 Å². The standard InChI is InChI=1S/2CH4.2H3O4P/c;;2*1-5(2,3)4/h2*1H4;2*(H3,1,2,3,4)/p-6. The third-order valence-electron chi connectivity index (χ3n) is 0. The monoisotopic (exact) mass is 222 g/mol. The molecule has 0 aliphatic rings. The lowest BCUT2D eigenvalue weighted by atomic mass is 12.0. The van der Waals surface area contributed by atoms with Crippen molar-refractivity contribution < 1.29 is 38.5 Å². The van der Waals surface area contributed by atoms with Crippen LogP contribution in [0, 0.1) is 0 Å². The number of rotatable bonds is 0. The highest BCUT2D eigenvalue weighted by molar-refractivity contribution is 7.40. The van der Waals surface area contributed by atoms with Gasteiger partial charge in [-0.25, -0.2) is 0 Å². The predicted octanol–water partition coefficient (Wildman–Crippen LogP) is -4.38. The topological polar surface area (TPSA) is 172 Å². The molecule has 0 atom stereocenters. The van der Waals surface area contributed by atoms with Crippen LogP contribution < -0.4 is 29.4 Å². The lowest BCUT2D eigenvalue weighted by Crippen LogP contribution is -2.24. The highest BCUT2D eigenvalue weighted by Crippen LogP contribution is 2.03. The Hall–Kier alpha value is 0.220. The van der Waals surface area contributed by atoms with Gasteiger partial charge in [-0.3, -0.25) is 0 Å². The molecule has 80 valence electrons. The van der Waals surface area contributed by atoms with Crippen molar-refractivity contribution >= 4 is 15.6 Å². The lowest BCUT2D eigenvalue weighted by molar-refractivity contribution is -0.434. The van der Waals surface area contributed by atoms with Crippen molar-refractivity contribution in [3.05, 3.63) is 0 Å². The van der Waals surface area contributed by atoms with Crippen LogP contribution in [0.25, 0.3) is 0 Å². The van der Waals surface area contributed by atoms with Crippen LogP contribution in [0.3, 0.4) is 0 Å². The van der Waals surface area contributed by atoms with Gasteiger partial charge in [-0.2, -0.15) is 15.6 Å². The molecule has 0 saturated heterocycles. The fourth-order valence-electron chi connectivity index (χ4n) is 0. The summed E-state index contributed by atoms with van der Waals surface area (Å²) in [5.74, 6) is 0. The van der Waals surface area contributed by atoms with Crippen LogP contribution in [0.4, 0.5) is 0 Å². The van der Waals surface area contributed by atoms with E-state index in [-0.39, 0.29) is 14.9 Å². The van der Waals surface area contributed by atoms with Crippen molar-refractivity contribution in [2.24, 2.45) is 0 Å². The van der Waals surface area contributed by atoms with Gasteiger partial charge in [-0.1, -0.05) is 14.9 Å². The Morgan fingerprint density at radius 2 is 0.583 bits per heavy atom. The minimum Gasteiger partial charge on any atom is -0.822 e. The van der Waals surface area contributed by atoms with Crippen molar-refractivity contribution in [2.75, 3.05) is 0 Å². The summed E-state index contributed by atoms with van der Waals surface area (Å²) in [6.07, 6.45) is 0. The number of hydrogen-bond donors (Lipinski definition) is 0. The van der Waals surface area contributed by atoms with Crippen LogP contribution >= 0.6 is 15.6 Å². The normalized spacial score (nSPS) is 9.83. The van der Waals surface area contributed by atoms with Crippen LogP contribution in [0.2, 0.25) is 0 Å². The molecule has 0 N–H and O–H groups in total. The molecule has 0 amide bonds. The Kier molecular flexibility index (Phi) is 14.9. The number of hydrogen-bond acceptors (Lipinski definition) is 8. The van der Waals surface area contributed by atoms with Gasteiger partial charge < -0.3 is 38.5 Å². The Morgan fingerprint density at radius 3 is 0.583 bits per heavy atom. The third-order valence-corrected chi connectivity index (χ3v) is 0. The van der Waals surface area contributed by atoms with Gasteiger partial charge >= 0.3 is 0 Å². The van der Waals surface area contributed by atoms with Crippen LogP contribution in [0.15, 0.2) is 0 Å². The summed E-state index contributed by atoms with van der Waals surface area (Å²) in [5, 5.41) is 0. The van der Waals surface area contributed by atoms with E-state index in [1.165, 1.54) is 0 Å². The van der Waals surface area contributed by atoms with Crippen LogP contribution in [0.5, 0.6) is 0 Å². The molecular formula is C2H8O8P2-6. The van der Waals surface area contributed by atoms with Crippen molar-refractivity contribution in [1.29, 1.82) is 0 Å².